The van der Waals surface area contributed by atoms with Crippen LogP contribution in [0.15, 0.2) is 48.5 Å². The summed E-state index contributed by atoms with van der Waals surface area (Å²) < 4.78 is 5.10. The second-order valence-corrected chi connectivity index (χ2v) is 7.13. The van der Waals surface area contributed by atoms with Crippen LogP contribution in [0.4, 0.5) is 5.69 Å². The summed E-state index contributed by atoms with van der Waals surface area (Å²) in [5.74, 6) is -1.72. The van der Waals surface area contributed by atoms with E-state index >= 15 is 0 Å². The molecule has 7 heteroatoms. The number of rotatable bonds is 7. The Balaban J connectivity index is 1.56. The molecule has 0 aliphatic carbocycles. The predicted octanol–water partition coefficient (Wildman–Crippen LogP) is 2.94. The van der Waals surface area contributed by atoms with Gasteiger partial charge in [0.2, 0.25) is 11.8 Å². The number of carbonyl (C=O) groups is 4. The molecule has 2 aromatic rings. The normalized spacial score (nSPS) is 14.5. The third-order valence-electron chi connectivity index (χ3n) is 4.99. The largest absolute Gasteiger partial charge is 0.452 e. The molecule has 1 aliphatic rings. The van der Waals surface area contributed by atoms with Gasteiger partial charge in [-0.3, -0.25) is 19.3 Å². The van der Waals surface area contributed by atoms with Gasteiger partial charge in [0.05, 0.1) is 17.3 Å². The van der Waals surface area contributed by atoms with Gasteiger partial charge in [0, 0.05) is 12.8 Å². The van der Waals surface area contributed by atoms with Crippen molar-refractivity contribution in [3.05, 3.63) is 65.2 Å². The van der Waals surface area contributed by atoms with Gasteiger partial charge in [0.1, 0.15) is 0 Å². The number of carbonyl (C=O) groups excluding carboxylic acids is 4. The van der Waals surface area contributed by atoms with E-state index in [1.165, 1.54) is 17.7 Å². The van der Waals surface area contributed by atoms with Crippen molar-refractivity contribution in [2.45, 2.75) is 39.2 Å². The van der Waals surface area contributed by atoms with E-state index in [1.807, 2.05) is 31.2 Å². The molecule has 3 rings (SSSR count). The van der Waals surface area contributed by atoms with Crippen molar-refractivity contribution in [3.63, 3.8) is 0 Å². The zero-order valence-electron chi connectivity index (χ0n) is 17.0. The van der Waals surface area contributed by atoms with Crippen molar-refractivity contribution < 1.29 is 23.9 Å². The van der Waals surface area contributed by atoms with E-state index in [4.69, 9.17) is 4.74 Å². The van der Waals surface area contributed by atoms with E-state index in [1.54, 1.807) is 12.1 Å². The summed E-state index contributed by atoms with van der Waals surface area (Å²) in [6.45, 7) is 3.50. The zero-order valence-corrected chi connectivity index (χ0v) is 17.0. The smallest absolute Gasteiger partial charge is 0.338 e. The minimum atomic E-state index is -0.703. The van der Waals surface area contributed by atoms with Gasteiger partial charge in [-0.15, -0.1) is 0 Å². The van der Waals surface area contributed by atoms with Crippen molar-refractivity contribution in [1.82, 2.24) is 5.32 Å². The van der Waals surface area contributed by atoms with Gasteiger partial charge in [0.15, 0.2) is 6.61 Å². The maximum Gasteiger partial charge on any atom is 0.338 e. The lowest BCUT2D eigenvalue weighted by Gasteiger charge is -2.16. The Bertz CT molecular complexity index is 952. The number of aryl methyl sites for hydroxylation is 1. The lowest BCUT2D eigenvalue weighted by Crippen LogP contribution is -2.31. The Morgan fingerprint density at radius 3 is 2.37 bits per heavy atom. The minimum absolute atomic E-state index is 0.160. The molecule has 7 nitrogen and oxygen atoms in total. The second-order valence-electron chi connectivity index (χ2n) is 7.13. The number of amides is 3. The van der Waals surface area contributed by atoms with Crippen LogP contribution in [-0.2, 0) is 25.5 Å². The molecule has 0 bridgehead atoms. The first-order valence-electron chi connectivity index (χ1n) is 9.90. The second kappa shape index (κ2) is 9.35. The molecule has 1 N–H and O–H groups in total. The van der Waals surface area contributed by atoms with Crippen molar-refractivity contribution in [1.29, 1.82) is 0 Å². The highest BCUT2D eigenvalue weighted by molar-refractivity contribution is 6.20. The third-order valence-corrected chi connectivity index (χ3v) is 4.99. The summed E-state index contributed by atoms with van der Waals surface area (Å²) >= 11 is 0. The number of benzene rings is 2. The fourth-order valence-corrected chi connectivity index (χ4v) is 3.26. The van der Waals surface area contributed by atoms with Crippen LogP contribution in [0.3, 0.4) is 0 Å². The highest BCUT2D eigenvalue weighted by Crippen LogP contribution is 2.23. The fourth-order valence-electron chi connectivity index (χ4n) is 3.26. The molecule has 3 amide bonds. The lowest BCUT2D eigenvalue weighted by molar-refractivity contribution is -0.125. The van der Waals surface area contributed by atoms with Crippen molar-refractivity contribution >= 4 is 29.4 Å². The van der Waals surface area contributed by atoms with Crippen LogP contribution in [-0.4, -0.2) is 30.3 Å². The monoisotopic (exact) mass is 408 g/mol. The Morgan fingerprint density at radius 1 is 1.07 bits per heavy atom. The average Bonchev–Trinajstić information content (AvgIpc) is 3.10. The molecule has 1 heterocycles. The lowest BCUT2D eigenvalue weighted by atomic mass is 10.1. The number of nitrogens with one attached hydrogen (secondary N) is 1. The SMILES string of the molecule is CCc1ccc([C@H](C)NC(=O)COC(=O)c2cccc(N3C(=O)CCC3=O)c2)cc1. The summed E-state index contributed by atoms with van der Waals surface area (Å²) in [7, 11) is 0. The van der Waals surface area contributed by atoms with Crippen LogP contribution in [0, 0.1) is 0 Å². The topological polar surface area (TPSA) is 92.8 Å². The summed E-state index contributed by atoms with van der Waals surface area (Å²) in [5.41, 5.74) is 2.66. The Morgan fingerprint density at radius 2 is 1.73 bits per heavy atom. The Hall–Kier alpha value is -3.48. The summed E-state index contributed by atoms with van der Waals surface area (Å²) in [6.07, 6.45) is 1.26. The number of hydrogen-bond acceptors (Lipinski definition) is 5. The standard InChI is InChI=1S/C23H24N2O5/c1-3-16-7-9-17(10-8-16)15(2)24-20(26)14-30-23(29)18-5-4-6-19(13-18)25-21(27)11-12-22(25)28/h4-10,13,15H,3,11-12,14H2,1-2H3,(H,24,26)/t15-/m0/s1. The van der Waals surface area contributed by atoms with Gasteiger partial charge in [-0.05, 0) is 42.7 Å². The molecule has 1 aliphatic heterocycles. The molecule has 1 atom stereocenters. The highest BCUT2D eigenvalue weighted by Gasteiger charge is 2.30. The van der Waals surface area contributed by atoms with Crippen LogP contribution in [0.1, 0.15) is 54.2 Å². The van der Waals surface area contributed by atoms with Gasteiger partial charge in [-0.1, -0.05) is 37.3 Å². The van der Waals surface area contributed by atoms with Crippen molar-refractivity contribution in [2.75, 3.05) is 11.5 Å². The highest BCUT2D eigenvalue weighted by atomic mass is 16.5. The van der Waals surface area contributed by atoms with Crippen LogP contribution < -0.4 is 10.2 Å². The quantitative estimate of drug-likeness (QED) is 0.562. The minimum Gasteiger partial charge on any atom is -0.452 e. The van der Waals surface area contributed by atoms with E-state index in [0.29, 0.717) is 5.69 Å². The van der Waals surface area contributed by atoms with Gasteiger partial charge < -0.3 is 10.1 Å². The molecule has 30 heavy (non-hydrogen) atoms. The average molecular weight is 408 g/mol. The Labute approximate surface area is 175 Å². The molecule has 156 valence electrons. The van der Waals surface area contributed by atoms with Crippen molar-refractivity contribution in [3.8, 4) is 0 Å². The summed E-state index contributed by atoms with van der Waals surface area (Å²) in [6, 6.07) is 13.8. The number of imide groups is 1. The zero-order chi connectivity index (χ0) is 21.7. The summed E-state index contributed by atoms with van der Waals surface area (Å²) in [5, 5.41) is 2.79. The first-order chi connectivity index (χ1) is 14.4. The van der Waals surface area contributed by atoms with E-state index in [9.17, 15) is 19.2 Å². The van der Waals surface area contributed by atoms with Crippen LogP contribution in [0.25, 0.3) is 0 Å². The number of anilines is 1. The van der Waals surface area contributed by atoms with Gasteiger partial charge in [-0.2, -0.15) is 0 Å². The molecule has 0 radical (unpaired) electrons. The first kappa shape index (κ1) is 21.2. The number of ether oxygens (including phenoxy) is 1. The molecule has 2 aromatic carbocycles. The molecule has 1 saturated heterocycles. The summed E-state index contributed by atoms with van der Waals surface area (Å²) in [4.78, 5) is 49.3. The Kier molecular flexibility index (Phi) is 6.61. The number of hydrogen-bond donors (Lipinski definition) is 1. The van der Waals surface area contributed by atoms with E-state index in [0.717, 1.165) is 16.9 Å². The molecule has 0 unspecified atom stereocenters. The van der Waals surface area contributed by atoms with E-state index in [2.05, 4.69) is 12.2 Å². The van der Waals surface area contributed by atoms with Gasteiger partial charge >= 0.3 is 5.97 Å². The van der Waals surface area contributed by atoms with Gasteiger partial charge in [-0.25, -0.2) is 4.79 Å². The molecule has 1 fully saturated rings. The van der Waals surface area contributed by atoms with E-state index < -0.39 is 18.5 Å². The maximum absolute atomic E-state index is 12.3. The van der Waals surface area contributed by atoms with Gasteiger partial charge in [0.25, 0.3) is 5.91 Å². The first-order valence-corrected chi connectivity index (χ1v) is 9.90. The van der Waals surface area contributed by atoms with Crippen LogP contribution in [0.2, 0.25) is 0 Å². The van der Waals surface area contributed by atoms with E-state index in [-0.39, 0.29) is 36.3 Å². The molecule has 0 spiro atoms. The third kappa shape index (κ3) is 4.92. The molecule has 0 aromatic heterocycles. The molecular formula is C23H24N2O5. The number of esters is 1. The van der Waals surface area contributed by atoms with Crippen LogP contribution in [0.5, 0.6) is 0 Å². The van der Waals surface area contributed by atoms with Crippen molar-refractivity contribution in [2.24, 2.45) is 0 Å². The van der Waals surface area contributed by atoms with Crippen LogP contribution >= 0.6 is 0 Å². The maximum atomic E-state index is 12.3. The molecular weight excluding hydrogens is 384 g/mol. The molecule has 0 saturated carbocycles. The predicted molar refractivity (Wildman–Crippen MR) is 111 cm³/mol. The number of nitrogens with zero attached hydrogens (tertiary/aromatic N) is 1. The fraction of sp³-hybridized carbons (Fsp3) is 0.304.